The molecule has 0 heterocycles. The fraction of sp³-hybridized carbons (Fsp3) is 0.250. The lowest BCUT2D eigenvalue weighted by Crippen LogP contribution is -2.08. The van der Waals surface area contributed by atoms with Crippen LogP contribution in [0.15, 0.2) is 48.5 Å². The van der Waals surface area contributed by atoms with E-state index >= 15 is 0 Å². The van der Waals surface area contributed by atoms with E-state index in [1.54, 1.807) is 0 Å². The number of hydrogen-bond acceptors (Lipinski definition) is 3. The third-order valence-electron chi connectivity index (χ3n) is 3.24. The summed E-state index contributed by atoms with van der Waals surface area (Å²) in [7, 11) is 5.88. The third-order valence-corrected chi connectivity index (χ3v) is 3.24. The highest BCUT2D eigenvalue weighted by Gasteiger charge is 2.10. The Morgan fingerprint density at radius 1 is 0.895 bits per heavy atom. The van der Waals surface area contributed by atoms with Crippen LogP contribution in [0.4, 0.5) is 11.4 Å². The molecule has 3 heteroatoms. The van der Waals surface area contributed by atoms with Gasteiger partial charge in [-0.25, -0.2) is 0 Å². The van der Waals surface area contributed by atoms with Gasteiger partial charge in [-0.05, 0) is 35.4 Å². The molecule has 0 aliphatic carbocycles. The molecule has 2 rings (SSSR count). The Morgan fingerprint density at radius 3 is 1.79 bits per heavy atom. The predicted molar refractivity (Wildman–Crippen MR) is 80.8 cm³/mol. The van der Waals surface area contributed by atoms with Crippen molar-refractivity contribution >= 4 is 11.4 Å². The Balaban J connectivity index is 2.20. The highest BCUT2D eigenvalue weighted by atomic mass is 16.3. The molecule has 2 N–H and O–H groups in total. The Bertz CT molecular complexity index is 517. The molecule has 0 aliphatic rings. The van der Waals surface area contributed by atoms with E-state index in [4.69, 9.17) is 0 Å². The average Bonchev–Trinajstić information content (AvgIpc) is 2.46. The van der Waals surface area contributed by atoms with Crippen molar-refractivity contribution in [2.75, 3.05) is 31.4 Å². The summed E-state index contributed by atoms with van der Waals surface area (Å²) >= 11 is 0. The molecule has 1 atom stereocenters. The first-order valence-electron chi connectivity index (χ1n) is 6.35. The lowest BCUT2D eigenvalue weighted by atomic mass is 10.0. The van der Waals surface area contributed by atoms with Crippen molar-refractivity contribution in [3.8, 4) is 0 Å². The van der Waals surface area contributed by atoms with Gasteiger partial charge in [-0.1, -0.05) is 24.3 Å². The zero-order valence-corrected chi connectivity index (χ0v) is 11.6. The molecule has 0 bridgehead atoms. The van der Waals surface area contributed by atoms with Crippen molar-refractivity contribution in [3.05, 3.63) is 59.7 Å². The summed E-state index contributed by atoms with van der Waals surface area (Å²) in [6, 6.07) is 15.8. The quantitative estimate of drug-likeness (QED) is 0.883. The first-order valence-corrected chi connectivity index (χ1v) is 6.35. The maximum Gasteiger partial charge on any atom is 0.104 e. The van der Waals surface area contributed by atoms with Gasteiger partial charge in [0, 0.05) is 32.5 Å². The van der Waals surface area contributed by atoms with Gasteiger partial charge in [-0.3, -0.25) is 0 Å². The Hall–Kier alpha value is -2.00. The minimum Gasteiger partial charge on any atom is -0.388 e. The van der Waals surface area contributed by atoms with E-state index in [-0.39, 0.29) is 0 Å². The van der Waals surface area contributed by atoms with Crippen LogP contribution in [-0.2, 0) is 0 Å². The van der Waals surface area contributed by atoms with E-state index in [1.165, 1.54) is 0 Å². The van der Waals surface area contributed by atoms with Crippen LogP contribution in [0.2, 0.25) is 0 Å². The van der Waals surface area contributed by atoms with Crippen molar-refractivity contribution in [2.24, 2.45) is 0 Å². The molecule has 2 aromatic carbocycles. The van der Waals surface area contributed by atoms with Gasteiger partial charge in [-0.2, -0.15) is 0 Å². The summed E-state index contributed by atoms with van der Waals surface area (Å²) in [5.41, 5.74) is 3.97. The molecule has 1 unspecified atom stereocenters. The van der Waals surface area contributed by atoms with Crippen LogP contribution in [0.5, 0.6) is 0 Å². The van der Waals surface area contributed by atoms with Crippen LogP contribution >= 0.6 is 0 Å². The maximum atomic E-state index is 10.4. The van der Waals surface area contributed by atoms with Crippen molar-refractivity contribution in [1.29, 1.82) is 0 Å². The van der Waals surface area contributed by atoms with Crippen molar-refractivity contribution in [2.45, 2.75) is 6.10 Å². The molecule has 0 radical (unpaired) electrons. The Labute approximate surface area is 114 Å². The molecule has 0 aromatic heterocycles. The average molecular weight is 256 g/mol. The van der Waals surface area contributed by atoms with Crippen molar-refractivity contribution < 1.29 is 5.11 Å². The smallest absolute Gasteiger partial charge is 0.104 e. The number of rotatable bonds is 4. The van der Waals surface area contributed by atoms with Crippen LogP contribution in [0.1, 0.15) is 17.2 Å². The molecular weight excluding hydrogens is 236 g/mol. The Kier molecular flexibility index (Phi) is 4.07. The second-order valence-electron chi connectivity index (χ2n) is 4.76. The van der Waals surface area contributed by atoms with Crippen LogP contribution < -0.4 is 10.2 Å². The van der Waals surface area contributed by atoms with Crippen LogP contribution in [0, 0.1) is 0 Å². The molecule has 0 saturated heterocycles. The molecular formula is C16H20N2O. The summed E-state index contributed by atoms with van der Waals surface area (Å²) < 4.78 is 0. The van der Waals surface area contributed by atoms with Gasteiger partial charge in [0.2, 0.25) is 0 Å². The van der Waals surface area contributed by atoms with E-state index in [9.17, 15) is 5.11 Å². The van der Waals surface area contributed by atoms with E-state index in [0.29, 0.717) is 0 Å². The maximum absolute atomic E-state index is 10.4. The SMILES string of the molecule is CNc1ccc(C(O)c2ccc(N(C)C)cc2)cc1. The normalized spacial score (nSPS) is 12.0. The summed E-state index contributed by atoms with van der Waals surface area (Å²) in [4.78, 5) is 2.04. The molecule has 0 aliphatic heterocycles. The fourth-order valence-electron chi connectivity index (χ4n) is 1.98. The molecule has 0 fully saturated rings. The monoisotopic (exact) mass is 256 g/mol. The topological polar surface area (TPSA) is 35.5 Å². The van der Waals surface area contributed by atoms with Gasteiger partial charge in [0.05, 0.1) is 0 Å². The Morgan fingerprint density at radius 2 is 1.37 bits per heavy atom. The first kappa shape index (κ1) is 13.4. The van der Waals surface area contributed by atoms with Gasteiger partial charge < -0.3 is 15.3 Å². The minimum absolute atomic E-state index is 0.581. The minimum atomic E-state index is -0.581. The van der Waals surface area contributed by atoms with Crippen molar-refractivity contribution in [3.63, 3.8) is 0 Å². The van der Waals surface area contributed by atoms with Crippen molar-refractivity contribution in [1.82, 2.24) is 0 Å². The van der Waals surface area contributed by atoms with Gasteiger partial charge >= 0.3 is 0 Å². The standard InChI is InChI=1S/C16H20N2O/c1-17-14-8-4-12(5-9-14)16(19)13-6-10-15(11-7-13)18(2)3/h4-11,16-17,19H,1-3H3. The number of nitrogens with zero attached hydrogens (tertiary/aromatic N) is 1. The van der Waals surface area contributed by atoms with Gasteiger partial charge in [-0.15, -0.1) is 0 Å². The number of aliphatic hydroxyl groups excluding tert-OH is 1. The highest BCUT2D eigenvalue weighted by Crippen LogP contribution is 2.24. The molecule has 2 aromatic rings. The van der Waals surface area contributed by atoms with E-state index in [2.05, 4.69) is 5.32 Å². The highest BCUT2D eigenvalue weighted by molar-refractivity contribution is 5.49. The van der Waals surface area contributed by atoms with Gasteiger partial charge in [0.25, 0.3) is 0 Å². The van der Waals surface area contributed by atoms with Gasteiger partial charge in [0.15, 0.2) is 0 Å². The third kappa shape index (κ3) is 3.06. The first-order chi connectivity index (χ1) is 9.11. The molecule has 3 nitrogen and oxygen atoms in total. The summed E-state index contributed by atoms with van der Waals surface area (Å²) in [5, 5.41) is 13.4. The van der Waals surface area contributed by atoms with Crippen LogP contribution in [0.25, 0.3) is 0 Å². The molecule has 0 amide bonds. The summed E-state index contributed by atoms with van der Waals surface area (Å²) in [5.74, 6) is 0. The molecule has 0 saturated carbocycles. The van der Waals surface area contributed by atoms with E-state index in [0.717, 1.165) is 22.5 Å². The second-order valence-corrected chi connectivity index (χ2v) is 4.76. The molecule has 19 heavy (non-hydrogen) atoms. The van der Waals surface area contributed by atoms with E-state index < -0.39 is 6.10 Å². The zero-order valence-electron chi connectivity index (χ0n) is 11.6. The predicted octanol–water partition coefficient (Wildman–Crippen LogP) is 2.88. The lowest BCUT2D eigenvalue weighted by molar-refractivity contribution is 0.220. The zero-order chi connectivity index (χ0) is 13.8. The number of nitrogens with one attached hydrogen (secondary N) is 1. The van der Waals surface area contributed by atoms with Gasteiger partial charge in [0.1, 0.15) is 6.10 Å². The number of anilines is 2. The summed E-state index contributed by atoms with van der Waals surface area (Å²) in [6.45, 7) is 0. The largest absolute Gasteiger partial charge is 0.388 e. The van der Waals surface area contributed by atoms with Crippen LogP contribution in [0.3, 0.4) is 0 Å². The van der Waals surface area contributed by atoms with E-state index in [1.807, 2.05) is 74.6 Å². The molecule has 100 valence electrons. The molecule has 0 spiro atoms. The fourth-order valence-corrected chi connectivity index (χ4v) is 1.98. The lowest BCUT2D eigenvalue weighted by Gasteiger charge is -2.15. The summed E-state index contributed by atoms with van der Waals surface area (Å²) in [6.07, 6.45) is -0.581. The number of benzene rings is 2. The van der Waals surface area contributed by atoms with Crippen LogP contribution in [-0.4, -0.2) is 26.2 Å². The number of hydrogen-bond donors (Lipinski definition) is 2. The second kappa shape index (κ2) is 5.76. The number of aliphatic hydroxyl groups is 1.